The van der Waals surface area contributed by atoms with Crippen LogP contribution in [0.3, 0.4) is 0 Å². The minimum atomic E-state index is -4.11. The maximum atomic E-state index is 13.1. The molecule has 2 saturated carbocycles. The molecule has 0 atom stereocenters. The van der Waals surface area contributed by atoms with Crippen molar-refractivity contribution in [3.63, 3.8) is 0 Å². The fraction of sp³-hybridized carbons (Fsp3) is 0.519. The molecule has 0 radical (unpaired) electrons. The molecule has 1 aromatic carbocycles. The van der Waals surface area contributed by atoms with Crippen LogP contribution in [0.4, 0.5) is 13.2 Å². The highest BCUT2D eigenvalue weighted by Gasteiger charge is 2.41. The van der Waals surface area contributed by atoms with E-state index in [1.807, 2.05) is 6.07 Å². The van der Waals surface area contributed by atoms with Crippen LogP contribution >= 0.6 is 0 Å². The Labute approximate surface area is 219 Å². The number of carbonyl (C=O) groups is 1. The summed E-state index contributed by atoms with van der Waals surface area (Å²) in [5.41, 5.74) is 2.63. The van der Waals surface area contributed by atoms with Crippen LogP contribution in [-0.4, -0.2) is 40.8 Å². The fourth-order valence-corrected chi connectivity index (χ4v) is 6.09. The zero-order valence-electron chi connectivity index (χ0n) is 21.2. The summed E-state index contributed by atoms with van der Waals surface area (Å²) in [6.45, 7) is 1.71. The Morgan fingerprint density at radius 3 is 2.42 bits per heavy atom. The number of hydrogen-bond acceptors (Lipinski definition) is 5. The second-order valence-corrected chi connectivity index (χ2v) is 12.6. The molecule has 2 aliphatic carbocycles. The molecule has 204 valence electrons. The molecule has 0 aliphatic heterocycles. The molecular weight excluding hydrogens is 517 g/mol. The average molecular weight is 549 g/mol. The zero-order chi connectivity index (χ0) is 27.1. The molecule has 3 aromatic rings. The van der Waals surface area contributed by atoms with Gasteiger partial charge in [0.05, 0.1) is 39.8 Å². The number of alkyl halides is 3. The lowest BCUT2D eigenvalue weighted by atomic mass is 9.80. The van der Waals surface area contributed by atoms with Crippen molar-refractivity contribution in [2.75, 3.05) is 5.75 Å². The molecular formula is C27H31F3N4O3S. The van der Waals surface area contributed by atoms with Gasteiger partial charge >= 0.3 is 6.18 Å². The van der Waals surface area contributed by atoms with Crippen LogP contribution in [0.15, 0.2) is 41.4 Å². The quantitative estimate of drug-likeness (QED) is 0.407. The number of carbonyl (C=O) groups excluding carboxylic acids is 1. The highest BCUT2D eigenvalue weighted by molar-refractivity contribution is 7.91. The lowest BCUT2D eigenvalue weighted by Gasteiger charge is -2.29. The Kier molecular flexibility index (Phi) is 7.23. The molecule has 0 bridgehead atoms. The van der Waals surface area contributed by atoms with Crippen molar-refractivity contribution in [3.8, 4) is 0 Å². The van der Waals surface area contributed by atoms with Gasteiger partial charge in [-0.2, -0.15) is 13.2 Å². The molecule has 2 aliphatic rings. The number of rotatable bonds is 8. The Bertz CT molecular complexity index is 1420. The number of amides is 1. The minimum Gasteiger partial charge on any atom is -0.346 e. The summed E-state index contributed by atoms with van der Waals surface area (Å²) in [5.74, 6) is -0.435. The van der Waals surface area contributed by atoms with Crippen LogP contribution in [-0.2, 0) is 22.8 Å². The van der Waals surface area contributed by atoms with Crippen molar-refractivity contribution in [1.29, 1.82) is 0 Å². The van der Waals surface area contributed by atoms with Crippen molar-refractivity contribution in [3.05, 3.63) is 53.6 Å². The second kappa shape index (κ2) is 10.3. The van der Waals surface area contributed by atoms with Gasteiger partial charge in [0.1, 0.15) is 5.82 Å². The predicted molar refractivity (Wildman–Crippen MR) is 136 cm³/mol. The van der Waals surface area contributed by atoms with Gasteiger partial charge in [-0.1, -0.05) is 6.92 Å². The van der Waals surface area contributed by atoms with E-state index >= 15 is 0 Å². The Hall–Kier alpha value is -2.95. The highest BCUT2D eigenvalue weighted by Crippen LogP contribution is 2.42. The van der Waals surface area contributed by atoms with Gasteiger partial charge in [-0.15, -0.1) is 0 Å². The van der Waals surface area contributed by atoms with Gasteiger partial charge in [-0.3, -0.25) is 9.78 Å². The topological polar surface area (TPSA) is 94.0 Å². The Morgan fingerprint density at radius 2 is 1.82 bits per heavy atom. The first kappa shape index (κ1) is 26.6. The van der Waals surface area contributed by atoms with Crippen molar-refractivity contribution < 1.29 is 26.4 Å². The third-order valence-corrected chi connectivity index (χ3v) is 9.40. The van der Waals surface area contributed by atoms with Gasteiger partial charge in [-0.25, -0.2) is 13.4 Å². The lowest BCUT2D eigenvalue weighted by Crippen LogP contribution is -2.28. The number of sulfone groups is 1. The SMILES string of the molecule is CCS(=O)(=O)c1ccc(CNC(=O)c2ccc3c(c2)nc(C[C@H]2CC[C@@H](C(F)(F)F)CC2)n3C2CC2)nc1. The van der Waals surface area contributed by atoms with Crippen molar-refractivity contribution >= 4 is 26.8 Å². The maximum Gasteiger partial charge on any atom is 0.391 e. The number of nitrogens with one attached hydrogen (secondary N) is 1. The first-order valence-electron chi connectivity index (χ1n) is 13.1. The van der Waals surface area contributed by atoms with Crippen LogP contribution < -0.4 is 5.32 Å². The van der Waals surface area contributed by atoms with Gasteiger partial charge < -0.3 is 9.88 Å². The van der Waals surface area contributed by atoms with Crippen LogP contribution in [0, 0.1) is 11.8 Å². The Balaban J connectivity index is 1.27. The van der Waals surface area contributed by atoms with Crippen molar-refractivity contribution in [2.24, 2.45) is 11.8 Å². The first-order valence-corrected chi connectivity index (χ1v) is 14.7. The van der Waals surface area contributed by atoms with E-state index in [4.69, 9.17) is 4.98 Å². The number of halogens is 3. The first-order chi connectivity index (χ1) is 18.0. The summed E-state index contributed by atoms with van der Waals surface area (Å²) < 4.78 is 65.3. The van der Waals surface area contributed by atoms with Gasteiger partial charge in [0.15, 0.2) is 9.84 Å². The molecule has 2 fully saturated rings. The summed E-state index contributed by atoms with van der Waals surface area (Å²) in [6.07, 6.45) is 1.37. The monoisotopic (exact) mass is 548 g/mol. The van der Waals surface area contributed by atoms with E-state index in [-0.39, 0.29) is 41.9 Å². The molecule has 1 N–H and O–H groups in total. The summed E-state index contributed by atoms with van der Waals surface area (Å²) in [4.78, 5) is 22.0. The van der Waals surface area contributed by atoms with E-state index in [1.54, 1.807) is 25.1 Å². The van der Waals surface area contributed by atoms with Crippen LogP contribution in [0.2, 0.25) is 0 Å². The molecule has 0 spiro atoms. The molecule has 2 heterocycles. The van der Waals surface area contributed by atoms with Crippen LogP contribution in [0.25, 0.3) is 11.0 Å². The van der Waals surface area contributed by atoms with Crippen LogP contribution in [0.1, 0.15) is 73.4 Å². The normalized spacial score (nSPS) is 20.5. The van der Waals surface area contributed by atoms with E-state index in [1.165, 1.54) is 12.3 Å². The summed E-state index contributed by atoms with van der Waals surface area (Å²) in [5, 5.41) is 2.81. The number of aromatic nitrogens is 3. The highest BCUT2D eigenvalue weighted by atomic mass is 32.2. The molecule has 0 unspecified atom stereocenters. The molecule has 2 aromatic heterocycles. The molecule has 5 rings (SSSR count). The number of nitrogens with zero attached hydrogens (tertiary/aromatic N) is 3. The minimum absolute atomic E-state index is 0.00928. The second-order valence-electron chi connectivity index (χ2n) is 10.4. The third-order valence-electron chi connectivity index (χ3n) is 7.68. The van der Waals surface area contributed by atoms with Gasteiger partial charge in [0.25, 0.3) is 5.91 Å². The summed E-state index contributed by atoms with van der Waals surface area (Å²) >= 11 is 0. The van der Waals surface area contributed by atoms with Gasteiger partial charge in [-0.05, 0) is 74.8 Å². The van der Waals surface area contributed by atoms with Crippen LogP contribution in [0.5, 0.6) is 0 Å². The zero-order valence-corrected chi connectivity index (χ0v) is 22.0. The predicted octanol–water partition coefficient (Wildman–Crippen LogP) is 5.40. The number of benzene rings is 1. The number of pyridine rings is 1. The van der Waals surface area contributed by atoms with Gasteiger partial charge in [0, 0.05) is 24.2 Å². The van der Waals surface area contributed by atoms with Crippen molar-refractivity contribution in [2.45, 2.75) is 75.5 Å². The molecule has 38 heavy (non-hydrogen) atoms. The smallest absolute Gasteiger partial charge is 0.346 e. The molecule has 11 heteroatoms. The Morgan fingerprint density at radius 1 is 1.08 bits per heavy atom. The molecule has 7 nitrogen and oxygen atoms in total. The van der Waals surface area contributed by atoms with Gasteiger partial charge in [0.2, 0.25) is 0 Å². The number of fused-ring (bicyclic) bond motifs is 1. The standard InChI is InChI=1S/C27H31F3N4O3S/c1-2-38(36,37)22-11-8-20(31-16-22)15-32-26(35)18-5-12-24-23(14-18)33-25(34(24)21-9-10-21)13-17-3-6-19(7-4-17)27(28,29)30/h5,8,11-12,14,16-17,19,21H,2-4,6-7,9-10,13,15H2,1H3,(H,32,35)/t17-,19+. The van der Waals surface area contributed by atoms with E-state index in [0.717, 1.165) is 24.2 Å². The van der Waals surface area contributed by atoms with E-state index < -0.39 is 21.9 Å². The summed E-state index contributed by atoms with van der Waals surface area (Å²) in [6, 6.07) is 8.81. The van der Waals surface area contributed by atoms with E-state index in [0.29, 0.717) is 42.1 Å². The number of imidazole rings is 1. The lowest BCUT2D eigenvalue weighted by molar-refractivity contribution is -0.183. The average Bonchev–Trinajstić information content (AvgIpc) is 3.67. The van der Waals surface area contributed by atoms with E-state index in [9.17, 15) is 26.4 Å². The largest absolute Gasteiger partial charge is 0.391 e. The van der Waals surface area contributed by atoms with Crippen molar-refractivity contribution in [1.82, 2.24) is 19.9 Å². The maximum absolute atomic E-state index is 13.1. The van der Waals surface area contributed by atoms with E-state index in [2.05, 4.69) is 14.9 Å². The fourth-order valence-electron chi connectivity index (χ4n) is 5.27. The molecule has 1 amide bonds. The molecule has 0 saturated heterocycles. The summed E-state index contributed by atoms with van der Waals surface area (Å²) in [7, 11) is -3.34. The third kappa shape index (κ3) is 5.72. The number of hydrogen-bond donors (Lipinski definition) is 1.